The molecule has 0 radical (unpaired) electrons. The molecular formula is C20H24N2O4. The van der Waals surface area contributed by atoms with Gasteiger partial charge in [-0.15, -0.1) is 0 Å². The number of aromatic carboxylic acids is 1. The SMILES string of the molecule is Cc1c(C(=O)O)c2c(n1-c1ccccc1)CCN(C(=O)OC(C)(C)C)C2. The summed E-state index contributed by atoms with van der Waals surface area (Å²) in [6.07, 6.45) is 0.169. The first kappa shape index (κ1) is 18.0. The number of carbonyl (C=O) groups is 2. The van der Waals surface area contributed by atoms with Crippen molar-refractivity contribution in [1.29, 1.82) is 0 Å². The second kappa shape index (κ2) is 6.52. The van der Waals surface area contributed by atoms with Crippen LogP contribution in [0, 0.1) is 6.92 Å². The van der Waals surface area contributed by atoms with Gasteiger partial charge in [-0.25, -0.2) is 9.59 Å². The number of ether oxygens (including phenoxy) is 1. The lowest BCUT2D eigenvalue weighted by Crippen LogP contribution is -2.40. The molecule has 1 aromatic carbocycles. The summed E-state index contributed by atoms with van der Waals surface area (Å²) in [5.74, 6) is -0.973. The Morgan fingerprint density at radius 3 is 2.38 bits per heavy atom. The van der Waals surface area contributed by atoms with E-state index < -0.39 is 17.7 Å². The Morgan fingerprint density at radius 1 is 1.15 bits per heavy atom. The maximum absolute atomic E-state index is 12.4. The quantitative estimate of drug-likeness (QED) is 0.889. The van der Waals surface area contributed by atoms with Crippen molar-refractivity contribution >= 4 is 12.1 Å². The van der Waals surface area contributed by atoms with E-state index in [4.69, 9.17) is 4.74 Å². The van der Waals surface area contributed by atoms with Crippen LogP contribution in [-0.2, 0) is 17.7 Å². The molecule has 0 saturated carbocycles. The molecule has 138 valence electrons. The van der Waals surface area contributed by atoms with Crippen LogP contribution in [-0.4, -0.2) is 38.8 Å². The minimum absolute atomic E-state index is 0.243. The Labute approximate surface area is 153 Å². The molecule has 1 aromatic heterocycles. The molecule has 1 N–H and O–H groups in total. The number of carbonyl (C=O) groups excluding carboxylic acids is 1. The van der Waals surface area contributed by atoms with Crippen molar-refractivity contribution in [3.63, 3.8) is 0 Å². The summed E-state index contributed by atoms with van der Waals surface area (Å²) in [6, 6.07) is 9.70. The molecule has 1 aliphatic heterocycles. The number of benzene rings is 1. The van der Waals surface area contributed by atoms with Gasteiger partial charge in [-0.3, -0.25) is 0 Å². The van der Waals surface area contributed by atoms with Gasteiger partial charge in [0.2, 0.25) is 0 Å². The van der Waals surface area contributed by atoms with E-state index in [9.17, 15) is 14.7 Å². The lowest BCUT2D eigenvalue weighted by atomic mass is 10.0. The van der Waals surface area contributed by atoms with Gasteiger partial charge in [0.1, 0.15) is 5.60 Å². The smallest absolute Gasteiger partial charge is 0.410 e. The zero-order valence-electron chi connectivity index (χ0n) is 15.6. The van der Waals surface area contributed by atoms with E-state index in [1.807, 2.05) is 62.6 Å². The van der Waals surface area contributed by atoms with Gasteiger partial charge in [0.05, 0.1) is 12.1 Å². The molecule has 0 saturated heterocycles. The van der Waals surface area contributed by atoms with Crippen LogP contribution in [0.1, 0.15) is 48.1 Å². The molecule has 3 rings (SSSR count). The Bertz CT molecular complexity index is 847. The summed E-state index contributed by atoms with van der Waals surface area (Å²) in [4.78, 5) is 25.9. The number of carboxylic acid groups (broad SMARTS) is 1. The first-order valence-corrected chi connectivity index (χ1v) is 8.68. The minimum Gasteiger partial charge on any atom is -0.478 e. The van der Waals surface area contributed by atoms with E-state index in [1.165, 1.54) is 0 Å². The van der Waals surface area contributed by atoms with Crippen molar-refractivity contribution in [3.8, 4) is 5.69 Å². The fourth-order valence-electron chi connectivity index (χ4n) is 3.45. The Hall–Kier alpha value is -2.76. The van der Waals surface area contributed by atoms with Crippen LogP contribution in [0.25, 0.3) is 5.69 Å². The van der Waals surface area contributed by atoms with Gasteiger partial charge in [-0.2, -0.15) is 0 Å². The summed E-state index contributed by atoms with van der Waals surface area (Å²) in [6.45, 7) is 8.01. The van der Waals surface area contributed by atoms with Crippen molar-refractivity contribution in [1.82, 2.24) is 9.47 Å². The first-order valence-electron chi connectivity index (χ1n) is 8.68. The summed E-state index contributed by atoms with van der Waals surface area (Å²) in [7, 11) is 0. The normalized spacial score (nSPS) is 14.1. The maximum Gasteiger partial charge on any atom is 0.410 e. The third kappa shape index (κ3) is 3.31. The molecule has 6 heteroatoms. The van der Waals surface area contributed by atoms with E-state index in [-0.39, 0.29) is 12.1 Å². The first-order chi connectivity index (χ1) is 12.2. The highest BCUT2D eigenvalue weighted by atomic mass is 16.6. The number of carboxylic acids is 1. The lowest BCUT2D eigenvalue weighted by Gasteiger charge is -2.31. The average molecular weight is 356 g/mol. The highest BCUT2D eigenvalue weighted by Crippen LogP contribution is 2.31. The lowest BCUT2D eigenvalue weighted by molar-refractivity contribution is 0.0221. The predicted molar refractivity (Wildman–Crippen MR) is 97.8 cm³/mol. The van der Waals surface area contributed by atoms with Gasteiger partial charge < -0.3 is 19.3 Å². The molecule has 6 nitrogen and oxygen atoms in total. The molecule has 0 aliphatic carbocycles. The van der Waals surface area contributed by atoms with E-state index in [2.05, 4.69) is 0 Å². The Kier molecular flexibility index (Phi) is 4.52. The molecule has 0 unspecified atom stereocenters. The molecule has 0 atom stereocenters. The Balaban J connectivity index is 2.03. The number of amides is 1. The number of hydrogen-bond acceptors (Lipinski definition) is 3. The average Bonchev–Trinajstić information content (AvgIpc) is 2.85. The van der Waals surface area contributed by atoms with Crippen LogP contribution >= 0.6 is 0 Å². The van der Waals surface area contributed by atoms with Gasteiger partial charge in [-0.05, 0) is 39.8 Å². The van der Waals surface area contributed by atoms with E-state index >= 15 is 0 Å². The topological polar surface area (TPSA) is 71.8 Å². The maximum atomic E-state index is 12.4. The van der Waals surface area contributed by atoms with Crippen LogP contribution in [0.3, 0.4) is 0 Å². The molecule has 0 fully saturated rings. The third-order valence-electron chi connectivity index (χ3n) is 4.46. The Morgan fingerprint density at radius 2 is 1.81 bits per heavy atom. The second-order valence-electron chi connectivity index (χ2n) is 7.51. The fourth-order valence-corrected chi connectivity index (χ4v) is 3.45. The van der Waals surface area contributed by atoms with Gasteiger partial charge in [0.15, 0.2) is 0 Å². The highest BCUT2D eigenvalue weighted by Gasteiger charge is 2.33. The standard InChI is InChI=1S/C20H24N2O4/c1-13-17(18(23)24)15-12-21(19(25)26-20(2,3)4)11-10-16(15)22(13)14-8-6-5-7-9-14/h5-9H,10-12H2,1-4H3,(H,23,24). The predicted octanol–water partition coefficient (Wildman–Crippen LogP) is 3.78. The van der Waals surface area contributed by atoms with Gasteiger partial charge in [-0.1, -0.05) is 18.2 Å². The van der Waals surface area contributed by atoms with Crippen molar-refractivity contribution < 1.29 is 19.4 Å². The van der Waals surface area contributed by atoms with Crippen molar-refractivity contribution in [3.05, 3.63) is 52.8 Å². The molecule has 1 amide bonds. The third-order valence-corrected chi connectivity index (χ3v) is 4.46. The summed E-state index contributed by atoms with van der Waals surface area (Å²) >= 11 is 0. The summed E-state index contributed by atoms with van der Waals surface area (Å²) < 4.78 is 7.44. The number of rotatable bonds is 2. The van der Waals surface area contributed by atoms with Gasteiger partial charge >= 0.3 is 12.1 Å². The minimum atomic E-state index is -0.973. The van der Waals surface area contributed by atoms with Crippen molar-refractivity contribution in [2.24, 2.45) is 0 Å². The molecule has 1 aliphatic rings. The van der Waals surface area contributed by atoms with Crippen LogP contribution in [0.2, 0.25) is 0 Å². The van der Waals surface area contributed by atoms with Crippen LogP contribution < -0.4 is 0 Å². The number of hydrogen-bond donors (Lipinski definition) is 1. The second-order valence-corrected chi connectivity index (χ2v) is 7.51. The van der Waals surface area contributed by atoms with Crippen LogP contribution in [0.5, 0.6) is 0 Å². The van der Waals surface area contributed by atoms with Gasteiger partial charge in [0.25, 0.3) is 0 Å². The van der Waals surface area contributed by atoms with E-state index in [0.29, 0.717) is 24.2 Å². The number of nitrogens with zero attached hydrogens (tertiary/aromatic N) is 2. The van der Waals surface area contributed by atoms with Crippen LogP contribution in [0.15, 0.2) is 30.3 Å². The fraction of sp³-hybridized carbons (Fsp3) is 0.400. The van der Waals surface area contributed by atoms with Gasteiger partial charge in [0, 0.05) is 35.6 Å². The molecular weight excluding hydrogens is 332 g/mol. The monoisotopic (exact) mass is 356 g/mol. The molecule has 2 heterocycles. The largest absolute Gasteiger partial charge is 0.478 e. The summed E-state index contributed by atoms with van der Waals surface area (Å²) in [5.41, 5.74) is 2.94. The zero-order valence-corrected chi connectivity index (χ0v) is 15.6. The molecule has 2 aromatic rings. The number of fused-ring (bicyclic) bond motifs is 1. The van der Waals surface area contributed by atoms with Crippen LogP contribution in [0.4, 0.5) is 4.79 Å². The number of aromatic nitrogens is 1. The molecule has 0 bridgehead atoms. The molecule has 0 spiro atoms. The molecule has 26 heavy (non-hydrogen) atoms. The highest BCUT2D eigenvalue weighted by molar-refractivity contribution is 5.92. The summed E-state index contributed by atoms with van der Waals surface area (Å²) in [5, 5.41) is 9.75. The van der Waals surface area contributed by atoms with Crippen molar-refractivity contribution in [2.75, 3.05) is 6.54 Å². The van der Waals surface area contributed by atoms with Crippen molar-refractivity contribution in [2.45, 2.75) is 46.3 Å². The number of para-hydroxylation sites is 1. The van der Waals surface area contributed by atoms with E-state index in [1.54, 1.807) is 4.90 Å². The van der Waals surface area contributed by atoms with E-state index in [0.717, 1.165) is 11.4 Å². The zero-order chi connectivity index (χ0) is 19.1.